The van der Waals surface area contributed by atoms with Gasteiger partial charge in [-0.1, -0.05) is 0 Å². The molecule has 2 aliphatic carbocycles. The third-order valence-corrected chi connectivity index (χ3v) is 6.83. The molecule has 3 heterocycles. The lowest BCUT2D eigenvalue weighted by Crippen LogP contribution is -2.41. The van der Waals surface area contributed by atoms with E-state index in [2.05, 4.69) is 15.1 Å². The highest BCUT2D eigenvalue weighted by Crippen LogP contribution is 2.38. The number of nitrogens with one attached hydrogen (secondary N) is 1. The average molecular weight is 356 g/mol. The smallest absolute Gasteiger partial charge is 0.226 e. The zero-order valence-corrected chi connectivity index (χ0v) is 15.4. The maximum absolute atomic E-state index is 12.7. The number of carbonyl (C=O) groups excluding carboxylic acids is 2. The number of fused-ring (bicyclic) bond motifs is 2. The van der Waals surface area contributed by atoms with Crippen LogP contribution in [0.5, 0.6) is 0 Å². The summed E-state index contributed by atoms with van der Waals surface area (Å²) >= 11 is 0. The summed E-state index contributed by atoms with van der Waals surface area (Å²) in [6.45, 7) is 2.46. The minimum Gasteiger partial charge on any atom is -0.340 e. The van der Waals surface area contributed by atoms with Crippen molar-refractivity contribution in [3.63, 3.8) is 0 Å². The van der Waals surface area contributed by atoms with Crippen LogP contribution in [0.25, 0.3) is 0 Å². The molecule has 5 rings (SSSR count). The zero-order valence-electron chi connectivity index (χ0n) is 15.4. The van der Waals surface area contributed by atoms with E-state index in [1.54, 1.807) is 0 Å². The monoisotopic (exact) mass is 356 g/mol. The Kier molecular flexibility index (Phi) is 4.02. The van der Waals surface area contributed by atoms with Crippen molar-refractivity contribution < 1.29 is 9.59 Å². The van der Waals surface area contributed by atoms with Gasteiger partial charge in [-0.2, -0.15) is 5.10 Å². The molecule has 2 atom stereocenters. The zero-order chi connectivity index (χ0) is 17.7. The Morgan fingerprint density at radius 1 is 1.12 bits per heavy atom. The molecule has 3 fully saturated rings. The predicted molar refractivity (Wildman–Crippen MR) is 96.5 cm³/mol. The fourth-order valence-electron chi connectivity index (χ4n) is 5.14. The van der Waals surface area contributed by atoms with E-state index in [0.717, 1.165) is 63.9 Å². The summed E-state index contributed by atoms with van der Waals surface area (Å²) in [6.07, 6.45) is 9.10. The van der Waals surface area contributed by atoms with Gasteiger partial charge in [0.05, 0.1) is 11.7 Å². The van der Waals surface area contributed by atoms with E-state index in [9.17, 15) is 9.59 Å². The molecule has 2 amide bonds. The maximum Gasteiger partial charge on any atom is 0.226 e. The van der Waals surface area contributed by atoms with Crippen molar-refractivity contribution in [1.82, 2.24) is 20.0 Å². The standard InChI is InChI=1S/C20H28N4O2/c25-19(8-7-17-15-3-1-2-4-16(15)21-22-17)23-11-14-9-10-24(18(14)12-23)20(26)13-5-6-13/h13-14,18H,1-12H2,(H,21,22)/t14-,18+/m0/s1. The van der Waals surface area contributed by atoms with Crippen LogP contribution in [-0.4, -0.2) is 57.5 Å². The Morgan fingerprint density at radius 3 is 2.81 bits per heavy atom. The van der Waals surface area contributed by atoms with Gasteiger partial charge >= 0.3 is 0 Å². The van der Waals surface area contributed by atoms with Crippen molar-refractivity contribution in [3.8, 4) is 0 Å². The van der Waals surface area contributed by atoms with Gasteiger partial charge in [-0.15, -0.1) is 0 Å². The molecule has 0 radical (unpaired) electrons. The molecule has 0 bridgehead atoms. The Bertz CT molecular complexity index is 723. The third kappa shape index (κ3) is 2.83. The molecular weight excluding hydrogens is 328 g/mol. The predicted octanol–water partition coefficient (Wildman–Crippen LogP) is 1.69. The van der Waals surface area contributed by atoms with Crippen LogP contribution in [0.3, 0.4) is 0 Å². The largest absolute Gasteiger partial charge is 0.340 e. The number of hydrogen-bond acceptors (Lipinski definition) is 3. The van der Waals surface area contributed by atoms with Gasteiger partial charge in [0.1, 0.15) is 0 Å². The van der Waals surface area contributed by atoms with Crippen molar-refractivity contribution in [3.05, 3.63) is 17.0 Å². The van der Waals surface area contributed by atoms with Gasteiger partial charge in [-0.25, -0.2) is 0 Å². The molecule has 1 aromatic rings. The van der Waals surface area contributed by atoms with E-state index in [1.807, 2.05) is 4.90 Å². The van der Waals surface area contributed by atoms with Gasteiger partial charge in [0.25, 0.3) is 0 Å². The molecule has 1 aromatic heterocycles. The number of hydrogen-bond donors (Lipinski definition) is 1. The molecule has 2 saturated heterocycles. The number of aromatic nitrogens is 2. The van der Waals surface area contributed by atoms with E-state index < -0.39 is 0 Å². The molecule has 1 saturated carbocycles. The van der Waals surface area contributed by atoms with E-state index in [4.69, 9.17) is 0 Å². The second-order valence-corrected chi connectivity index (χ2v) is 8.56. The molecule has 6 heteroatoms. The molecule has 0 unspecified atom stereocenters. The molecule has 6 nitrogen and oxygen atoms in total. The Morgan fingerprint density at radius 2 is 1.96 bits per heavy atom. The number of carbonyl (C=O) groups is 2. The van der Waals surface area contributed by atoms with Crippen LogP contribution >= 0.6 is 0 Å². The minimum atomic E-state index is 0.228. The summed E-state index contributed by atoms with van der Waals surface area (Å²) in [4.78, 5) is 29.3. The lowest BCUT2D eigenvalue weighted by Gasteiger charge is -2.25. The number of rotatable bonds is 4. The second kappa shape index (κ2) is 6.39. The second-order valence-electron chi connectivity index (χ2n) is 8.56. The first-order chi connectivity index (χ1) is 12.7. The lowest BCUT2D eigenvalue weighted by molar-refractivity contribution is -0.135. The van der Waals surface area contributed by atoms with Crippen molar-refractivity contribution in [2.75, 3.05) is 19.6 Å². The Hall–Kier alpha value is -1.85. The number of H-pyrrole nitrogens is 1. The van der Waals surface area contributed by atoms with Crippen LogP contribution < -0.4 is 0 Å². The highest BCUT2D eigenvalue weighted by Gasteiger charge is 2.47. The normalized spacial score (nSPS) is 27.5. The third-order valence-electron chi connectivity index (χ3n) is 6.83. The molecule has 4 aliphatic rings. The Labute approximate surface area is 154 Å². The number of aromatic amines is 1. The molecule has 0 aromatic carbocycles. The van der Waals surface area contributed by atoms with Gasteiger partial charge in [0.15, 0.2) is 0 Å². The van der Waals surface area contributed by atoms with Crippen LogP contribution in [0.1, 0.15) is 55.5 Å². The summed E-state index contributed by atoms with van der Waals surface area (Å²) in [5.41, 5.74) is 3.74. The average Bonchev–Trinajstić information content (AvgIpc) is 3.11. The minimum absolute atomic E-state index is 0.228. The molecule has 0 spiro atoms. The van der Waals surface area contributed by atoms with Crippen LogP contribution in [-0.2, 0) is 28.9 Å². The lowest BCUT2D eigenvalue weighted by atomic mass is 9.94. The van der Waals surface area contributed by atoms with Gasteiger partial charge in [0.2, 0.25) is 11.8 Å². The van der Waals surface area contributed by atoms with E-state index >= 15 is 0 Å². The van der Waals surface area contributed by atoms with Gasteiger partial charge in [-0.3, -0.25) is 14.7 Å². The summed E-state index contributed by atoms with van der Waals surface area (Å²) in [5.74, 6) is 1.34. The van der Waals surface area contributed by atoms with Crippen molar-refractivity contribution in [2.45, 2.75) is 63.8 Å². The van der Waals surface area contributed by atoms with E-state index in [0.29, 0.717) is 18.2 Å². The van der Waals surface area contributed by atoms with Crippen molar-refractivity contribution >= 4 is 11.8 Å². The first kappa shape index (κ1) is 16.3. The topological polar surface area (TPSA) is 69.3 Å². The van der Waals surface area contributed by atoms with Crippen LogP contribution in [0.4, 0.5) is 0 Å². The van der Waals surface area contributed by atoms with Crippen molar-refractivity contribution in [1.29, 1.82) is 0 Å². The first-order valence-electron chi connectivity index (χ1n) is 10.3. The fourth-order valence-corrected chi connectivity index (χ4v) is 5.14. The quantitative estimate of drug-likeness (QED) is 0.893. The highest BCUT2D eigenvalue weighted by atomic mass is 16.2. The molecule has 2 aliphatic heterocycles. The summed E-state index contributed by atoms with van der Waals surface area (Å²) < 4.78 is 0. The first-order valence-corrected chi connectivity index (χ1v) is 10.3. The molecular formula is C20H28N4O2. The van der Waals surface area contributed by atoms with Crippen molar-refractivity contribution in [2.24, 2.45) is 11.8 Å². The summed E-state index contributed by atoms with van der Waals surface area (Å²) in [6, 6.07) is 0.269. The number of amides is 2. The Balaban J connectivity index is 1.18. The summed E-state index contributed by atoms with van der Waals surface area (Å²) in [7, 11) is 0. The number of aryl methyl sites for hydroxylation is 2. The van der Waals surface area contributed by atoms with Crippen LogP contribution in [0.15, 0.2) is 0 Å². The molecule has 1 N–H and O–H groups in total. The number of likely N-dealkylation sites (tertiary alicyclic amines) is 2. The highest BCUT2D eigenvalue weighted by molar-refractivity contribution is 5.82. The van der Waals surface area contributed by atoms with E-state index in [1.165, 1.54) is 24.1 Å². The maximum atomic E-state index is 12.7. The SMILES string of the molecule is O=C(CCc1n[nH]c2c1CCCC2)N1C[C@@H]2CCN(C(=O)C3CC3)[C@@H]2C1. The van der Waals surface area contributed by atoms with Crippen LogP contribution in [0.2, 0.25) is 0 Å². The summed E-state index contributed by atoms with van der Waals surface area (Å²) in [5, 5.41) is 7.63. The van der Waals surface area contributed by atoms with Gasteiger partial charge in [0, 0.05) is 50.0 Å². The van der Waals surface area contributed by atoms with Crippen LogP contribution in [0, 0.1) is 11.8 Å². The number of nitrogens with zero attached hydrogens (tertiary/aromatic N) is 3. The molecule has 140 valence electrons. The fraction of sp³-hybridized carbons (Fsp3) is 0.750. The van der Waals surface area contributed by atoms with Gasteiger partial charge < -0.3 is 9.80 Å². The molecule has 26 heavy (non-hydrogen) atoms. The van der Waals surface area contributed by atoms with E-state index in [-0.39, 0.29) is 17.9 Å². The van der Waals surface area contributed by atoms with Gasteiger partial charge in [-0.05, 0) is 50.5 Å².